The fraction of sp³-hybridized carbons (Fsp3) is 0.318. The maximum absolute atomic E-state index is 13.0. The molecule has 0 bridgehead atoms. The van der Waals surface area contributed by atoms with Crippen molar-refractivity contribution in [2.24, 2.45) is 5.10 Å². The highest BCUT2D eigenvalue weighted by Gasteiger charge is 2.51. The lowest BCUT2D eigenvalue weighted by Gasteiger charge is -2.24. The van der Waals surface area contributed by atoms with Crippen molar-refractivity contribution in [3.63, 3.8) is 0 Å². The van der Waals surface area contributed by atoms with Crippen LogP contribution < -0.4 is 10.2 Å². The summed E-state index contributed by atoms with van der Waals surface area (Å²) >= 11 is 0. The summed E-state index contributed by atoms with van der Waals surface area (Å²) in [5.74, 6) is -0.359. The summed E-state index contributed by atoms with van der Waals surface area (Å²) in [4.78, 5) is 27.7. The van der Waals surface area contributed by atoms with E-state index in [0.29, 0.717) is 6.42 Å². The van der Waals surface area contributed by atoms with E-state index in [-0.39, 0.29) is 5.91 Å². The van der Waals surface area contributed by atoms with Crippen LogP contribution in [0.1, 0.15) is 38.3 Å². The normalized spacial score (nSPS) is 19.3. The smallest absolute Gasteiger partial charge is 0.346 e. The van der Waals surface area contributed by atoms with Gasteiger partial charge < -0.3 is 10.2 Å². The molecule has 2 aromatic rings. The number of hydrazone groups is 1. The van der Waals surface area contributed by atoms with Gasteiger partial charge in [0.2, 0.25) is 0 Å². The number of hydrogen-bond donors (Lipinski definition) is 1. The van der Waals surface area contributed by atoms with E-state index in [1.54, 1.807) is 6.21 Å². The van der Waals surface area contributed by atoms with Gasteiger partial charge in [0.15, 0.2) is 0 Å². The van der Waals surface area contributed by atoms with Gasteiger partial charge in [-0.05, 0) is 43.5 Å². The molecule has 146 valence electrons. The van der Waals surface area contributed by atoms with Crippen LogP contribution in [-0.2, 0) is 10.3 Å². The van der Waals surface area contributed by atoms with E-state index in [0.717, 1.165) is 34.9 Å². The second-order valence-electron chi connectivity index (χ2n) is 6.68. The quantitative estimate of drug-likeness (QED) is 0.590. The summed E-state index contributed by atoms with van der Waals surface area (Å²) in [7, 11) is 0. The molecule has 1 aliphatic rings. The van der Waals surface area contributed by atoms with Crippen LogP contribution in [0.4, 0.5) is 10.5 Å². The lowest BCUT2D eigenvalue weighted by molar-refractivity contribution is -0.131. The summed E-state index contributed by atoms with van der Waals surface area (Å²) in [5.41, 5.74) is 1.65. The Bertz CT molecular complexity index is 860. The molecule has 0 spiro atoms. The first kappa shape index (κ1) is 19.6. The molecule has 1 saturated heterocycles. The zero-order valence-electron chi connectivity index (χ0n) is 16.6. The van der Waals surface area contributed by atoms with Crippen molar-refractivity contribution in [1.82, 2.24) is 10.3 Å². The molecule has 1 atom stereocenters. The van der Waals surface area contributed by atoms with E-state index in [1.807, 2.05) is 61.5 Å². The number of anilines is 1. The third kappa shape index (κ3) is 3.50. The van der Waals surface area contributed by atoms with Crippen LogP contribution in [-0.4, -0.2) is 36.3 Å². The first-order chi connectivity index (χ1) is 13.6. The molecule has 0 unspecified atom stereocenters. The molecule has 0 saturated carbocycles. The van der Waals surface area contributed by atoms with Gasteiger partial charge in [-0.2, -0.15) is 5.10 Å². The van der Waals surface area contributed by atoms with E-state index in [2.05, 4.69) is 29.2 Å². The fourth-order valence-electron chi connectivity index (χ4n) is 3.51. The van der Waals surface area contributed by atoms with Gasteiger partial charge in [0.05, 0.1) is 6.21 Å². The molecule has 0 aliphatic carbocycles. The van der Waals surface area contributed by atoms with Gasteiger partial charge >= 0.3 is 6.03 Å². The van der Waals surface area contributed by atoms with Crippen LogP contribution in [0.3, 0.4) is 0 Å². The Hall–Kier alpha value is -3.15. The molecule has 1 heterocycles. The fourth-order valence-corrected chi connectivity index (χ4v) is 3.51. The van der Waals surface area contributed by atoms with Gasteiger partial charge in [0.1, 0.15) is 5.54 Å². The minimum atomic E-state index is -1.07. The number of nitrogens with zero attached hydrogens (tertiary/aromatic N) is 3. The van der Waals surface area contributed by atoms with Crippen molar-refractivity contribution in [3.8, 4) is 0 Å². The minimum Gasteiger partial charge on any atom is -0.372 e. The molecule has 1 fully saturated rings. The highest BCUT2D eigenvalue weighted by Crippen LogP contribution is 2.32. The van der Waals surface area contributed by atoms with Gasteiger partial charge in [-0.15, -0.1) is 5.01 Å². The number of benzene rings is 2. The maximum Gasteiger partial charge on any atom is 0.346 e. The standard InChI is InChI=1S/C22H26N4O2/c1-4-22(18-10-8-7-9-11-18)20(27)26(21(28)24-22)23-16-17-12-14-19(15-13-17)25(5-2)6-3/h7-16H,4-6H2,1-3H3,(H,24,28)/b23-16-/t22-/m1/s1. The van der Waals surface area contributed by atoms with Crippen LogP contribution in [0.5, 0.6) is 0 Å². The number of rotatable bonds is 7. The Labute approximate surface area is 165 Å². The van der Waals surface area contributed by atoms with Gasteiger partial charge in [-0.1, -0.05) is 49.4 Å². The topological polar surface area (TPSA) is 65.0 Å². The van der Waals surface area contributed by atoms with Crippen LogP contribution in [0.25, 0.3) is 0 Å². The number of amides is 3. The summed E-state index contributed by atoms with van der Waals surface area (Å²) in [6.45, 7) is 7.98. The molecule has 6 heteroatoms. The number of imide groups is 1. The molecule has 1 N–H and O–H groups in total. The Morgan fingerprint density at radius 2 is 1.64 bits per heavy atom. The Kier molecular flexibility index (Phi) is 5.78. The lowest BCUT2D eigenvalue weighted by atomic mass is 9.87. The van der Waals surface area contributed by atoms with Crippen LogP contribution >= 0.6 is 0 Å². The highest BCUT2D eigenvalue weighted by atomic mass is 16.2. The summed E-state index contributed by atoms with van der Waals surface area (Å²) in [6.07, 6.45) is 1.99. The monoisotopic (exact) mass is 378 g/mol. The number of carbonyl (C=O) groups is 2. The Balaban J connectivity index is 1.81. The van der Waals surface area contributed by atoms with E-state index >= 15 is 0 Å². The van der Waals surface area contributed by atoms with Crippen LogP contribution in [0, 0.1) is 0 Å². The Morgan fingerprint density at radius 3 is 2.21 bits per heavy atom. The van der Waals surface area contributed by atoms with Crippen molar-refractivity contribution in [2.75, 3.05) is 18.0 Å². The average molecular weight is 378 g/mol. The predicted octanol–water partition coefficient (Wildman–Crippen LogP) is 3.72. The predicted molar refractivity (Wildman–Crippen MR) is 111 cm³/mol. The van der Waals surface area contributed by atoms with Gasteiger partial charge in [-0.3, -0.25) is 4.79 Å². The summed E-state index contributed by atoms with van der Waals surface area (Å²) in [5, 5.41) is 7.92. The van der Waals surface area contributed by atoms with Gasteiger partial charge in [-0.25, -0.2) is 4.79 Å². The highest BCUT2D eigenvalue weighted by molar-refractivity contribution is 6.07. The molecular weight excluding hydrogens is 352 g/mol. The van der Waals surface area contributed by atoms with E-state index in [9.17, 15) is 9.59 Å². The largest absolute Gasteiger partial charge is 0.372 e. The van der Waals surface area contributed by atoms with Crippen molar-refractivity contribution in [3.05, 3.63) is 65.7 Å². The number of urea groups is 1. The number of nitrogens with one attached hydrogen (secondary N) is 1. The zero-order chi connectivity index (χ0) is 20.1. The second-order valence-corrected chi connectivity index (χ2v) is 6.68. The lowest BCUT2D eigenvalue weighted by Crippen LogP contribution is -2.43. The maximum atomic E-state index is 13.0. The molecule has 0 radical (unpaired) electrons. The minimum absolute atomic E-state index is 0.359. The van der Waals surface area contributed by atoms with Crippen molar-refractivity contribution in [1.29, 1.82) is 0 Å². The van der Waals surface area contributed by atoms with Crippen LogP contribution in [0.15, 0.2) is 59.7 Å². The van der Waals surface area contributed by atoms with Crippen LogP contribution in [0.2, 0.25) is 0 Å². The first-order valence-electron chi connectivity index (χ1n) is 9.67. The van der Waals surface area contributed by atoms with E-state index in [4.69, 9.17) is 0 Å². The molecule has 6 nitrogen and oxygen atoms in total. The number of hydrogen-bond acceptors (Lipinski definition) is 4. The zero-order valence-corrected chi connectivity index (χ0v) is 16.6. The van der Waals surface area contributed by atoms with Gasteiger partial charge in [0, 0.05) is 18.8 Å². The van der Waals surface area contributed by atoms with E-state index in [1.165, 1.54) is 0 Å². The summed E-state index contributed by atoms with van der Waals surface area (Å²) < 4.78 is 0. The molecule has 0 aromatic heterocycles. The SMILES string of the molecule is CCN(CC)c1ccc(/C=N\N2C(=O)N[C@](CC)(c3ccccc3)C2=O)cc1. The third-order valence-electron chi connectivity index (χ3n) is 5.21. The molecule has 2 aromatic carbocycles. The van der Waals surface area contributed by atoms with Gasteiger partial charge in [0.25, 0.3) is 5.91 Å². The van der Waals surface area contributed by atoms with Crippen molar-refractivity contribution in [2.45, 2.75) is 32.7 Å². The first-order valence-corrected chi connectivity index (χ1v) is 9.67. The van der Waals surface area contributed by atoms with Crippen molar-refractivity contribution >= 4 is 23.8 Å². The number of carbonyl (C=O) groups excluding carboxylic acids is 2. The van der Waals surface area contributed by atoms with E-state index < -0.39 is 11.6 Å². The molecule has 3 rings (SSSR count). The summed E-state index contributed by atoms with van der Waals surface area (Å²) in [6, 6.07) is 16.7. The molecule has 1 aliphatic heterocycles. The van der Waals surface area contributed by atoms with Crippen molar-refractivity contribution < 1.29 is 9.59 Å². The third-order valence-corrected chi connectivity index (χ3v) is 5.21. The Morgan fingerprint density at radius 1 is 1.00 bits per heavy atom. The molecular formula is C22H26N4O2. The average Bonchev–Trinajstić information content (AvgIpc) is 2.99. The molecule has 3 amide bonds. The molecule has 28 heavy (non-hydrogen) atoms. The second kappa shape index (κ2) is 8.25.